The Morgan fingerprint density at radius 1 is 0.476 bits per heavy atom. The van der Waals surface area contributed by atoms with Gasteiger partial charge >= 0.3 is 5.97 Å². The fraction of sp³-hybridized carbons (Fsp3) is 0.812. The Morgan fingerprint density at radius 3 is 1.10 bits per heavy atom. The summed E-state index contributed by atoms with van der Waals surface area (Å²) in [5.41, 5.74) is 14.4. The third-order valence-corrected chi connectivity index (χ3v) is 16.1. The molecule has 4 amide bonds. The molecule has 0 saturated carbocycles. The van der Waals surface area contributed by atoms with E-state index in [9.17, 15) is 24.0 Å². The number of carbonyl (C=O) groups is 6. The Balaban J connectivity index is -0.000000202. The third-order valence-electron chi connectivity index (χ3n) is 16.1. The van der Waals surface area contributed by atoms with Gasteiger partial charge in [-0.05, 0) is 185 Å². The molecule has 103 heavy (non-hydrogen) atoms. The number of carboxylic acids is 2. The highest BCUT2D eigenvalue weighted by molar-refractivity contribution is 6.92. The molecule has 0 aromatic carbocycles. The topological polar surface area (TPSA) is 415 Å². The number of rotatable bonds is 9. The summed E-state index contributed by atoms with van der Waals surface area (Å²) in [6, 6.07) is 0. The summed E-state index contributed by atoms with van der Waals surface area (Å²) < 4.78 is 16.2. The number of aliphatic carboxylic acids is 2. The second-order valence-corrected chi connectivity index (χ2v) is 25.3. The van der Waals surface area contributed by atoms with E-state index in [0.29, 0.717) is 35.4 Å². The van der Waals surface area contributed by atoms with Crippen molar-refractivity contribution >= 4 is 99.8 Å². The normalized spacial score (nSPS) is 21.4. The number of nitrogens with zero attached hydrogens (tertiary/aromatic N) is 12. The first-order valence-corrected chi connectivity index (χ1v) is 33.9. The predicted octanol–water partition coefficient (Wildman–Crippen LogP) is 3.58. The van der Waals surface area contributed by atoms with E-state index in [1.54, 1.807) is 14.1 Å². The van der Waals surface area contributed by atoms with Gasteiger partial charge in [-0.1, -0.05) is 35.3 Å². The number of hydrogen-bond acceptors (Lipinski definition) is 26. The molecular formula is C64H144B2N21O11P5. The molecule has 13 N–H and O–H groups in total. The minimum absolute atomic E-state index is 0. The predicted molar refractivity (Wildman–Crippen MR) is 440 cm³/mol. The van der Waals surface area contributed by atoms with Gasteiger partial charge in [0.1, 0.15) is 7.28 Å². The number of piperidine rings is 7. The number of likely N-dealkylation sites (tertiary alicyclic amines) is 5. The van der Waals surface area contributed by atoms with Crippen LogP contribution in [0.5, 0.6) is 0 Å². The van der Waals surface area contributed by atoms with Crippen LogP contribution in [0.4, 0.5) is 0 Å². The van der Waals surface area contributed by atoms with E-state index in [0.717, 1.165) is 174 Å². The quantitative estimate of drug-likeness (QED) is 0.0479. The average molecular weight is 1560 g/mol. The van der Waals surface area contributed by atoms with E-state index in [4.69, 9.17) is 34.1 Å². The summed E-state index contributed by atoms with van der Waals surface area (Å²) in [5.74, 6) is 13.7. The summed E-state index contributed by atoms with van der Waals surface area (Å²) in [6.45, 7) is 28.0. The van der Waals surface area contributed by atoms with Gasteiger partial charge in [-0.2, -0.15) is 49.5 Å². The number of aryl methyl sites for hydroxylation is 3. The van der Waals surface area contributed by atoms with Crippen LogP contribution in [0.15, 0.2) is 13.3 Å². The lowest BCUT2D eigenvalue weighted by Gasteiger charge is -2.29. The average Bonchev–Trinajstić information content (AvgIpc) is 1.76. The van der Waals surface area contributed by atoms with Crippen molar-refractivity contribution in [3.05, 3.63) is 35.3 Å². The van der Waals surface area contributed by atoms with Crippen molar-refractivity contribution in [3.8, 4) is 0 Å². The first kappa shape index (κ1) is 112. The van der Waals surface area contributed by atoms with Gasteiger partial charge in [0.05, 0.1) is 29.6 Å². The zero-order chi connectivity index (χ0) is 72.0. The monoisotopic (exact) mass is 1560 g/mol. The van der Waals surface area contributed by atoms with Crippen molar-refractivity contribution < 1.29 is 52.2 Å². The Labute approximate surface area is 636 Å². The molecule has 3 aromatic heterocycles. The minimum atomic E-state index is -0.833. The lowest BCUT2D eigenvalue weighted by atomic mass is 9.88. The Hall–Kier alpha value is -3.92. The van der Waals surface area contributed by atoms with Gasteiger partial charge in [0.2, 0.25) is 66.4 Å². The van der Waals surface area contributed by atoms with Crippen LogP contribution < -0.4 is 49.6 Å². The molecule has 12 unspecified atom stereocenters. The fourth-order valence-electron chi connectivity index (χ4n) is 11.4. The first-order chi connectivity index (χ1) is 45.7. The molecule has 602 valence electrons. The van der Waals surface area contributed by atoms with E-state index >= 15 is 0 Å². The number of hydrazine groups is 4. The van der Waals surface area contributed by atoms with Crippen LogP contribution in [-0.4, -0.2) is 261 Å². The number of amides is 4. The van der Waals surface area contributed by atoms with Crippen molar-refractivity contribution in [2.24, 2.45) is 35.4 Å². The molecule has 12 atom stereocenters. The van der Waals surface area contributed by atoms with Gasteiger partial charge in [-0.25, -0.2) is 11.3 Å². The van der Waals surface area contributed by atoms with Crippen LogP contribution >= 0.6 is 49.5 Å². The lowest BCUT2D eigenvalue weighted by molar-refractivity contribution is -0.143. The molecule has 2 radical (unpaired) electrons. The summed E-state index contributed by atoms with van der Waals surface area (Å²) in [7, 11) is 17.7. The SMILES string of the molecule is C.C.CC(=O)NNC(=O)C1CCCN(C)C1.CC(=O)O.CN1CCCC(C(=O)NN)C1.CN1CCCC(C(=O)O)C1.CNN.CNNC(=O)C1CCCN(C)C1.C[B]C.C[B]N1CCCC(c2nnc(C)o2)C1.Cc1nnc(C2CCCN(C)C2)o1.Cc1nnc(C2CCCNC2)o1.P.P.P.P.P. The number of nitrogens with one attached hydrogen (secondary N) is 7. The van der Waals surface area contributed by atoms with Crippen molar-refractivity contribution in [2.45, 2.75) is 178 Å². The molecular weight excluding hydrogens is 1420 g/mol. The lowest BCUT2D eigenvalue weighted by Crippen LogP contribution is -2.47. The number of carboxylic acid groups (broad SMARTS) is 2. The van der Waals surface area contributed by atoms with Crippen LogP contribution in [0.25, 0.3) is 0 Å². The van der Waals surface area contributed by atoms with Gasteiger partial charge in [-0.3, -0.25) is 61.7 Å². The van der Waals surface area contributed by atoms with Crippen molar-refractivity contribution in [1.82, 2.24) is 97.8 Å². The Kier molecular flexibility index (Phi) is 73.6. The van der Waals surface area contributed by atoms with E-state index in [2.05, 4.69) is 132 Å². The second kappa shape index (κ2) is 67.4. The molecule has 32 nitrogen and oxygen atoms in total. The van der Waals surface area contributed by atoms with E-state index in [1.165, 1.54) is 39.2 Å². The van der Waals surface area contributed by atoms with Gasteiger partial charge in [0.15, 0.2) is 0 Å². The van der Waals surface area contributed by atoms with Crippen LogP contribution in [0, 0.1) is 44.4 Å². The summed E-state index contributed by atoms with van der Waals surface area (Å²) in [4.78, 5) is 77.1. The minimum Gasteiger partial charge on any atom is -0.481 e. The van der Waals surface area contributed by atoms with Crippen LogP contribution in [-0.2, 0) is 28.8 Å². The van der Waals surface area contributed by atoms with Crippen LogP contribution in [0.3, 0.4) is 0 Å². The van der Waals surface area contributed by atoms with Gasteiger partial charge in [0, 0.05) is 92.8 Å². The molecule has 0 spiro atoms. The molecule has 0 aliphatic carbocycles. The van der Waals surface area contributed by atoms with Gasteiger partial charge in [0.25, 0.3) is 5.97 Å². The Morgan fingerprint density at radius 2 is 0.796 bits per heavy atom. The molecule has 7 fully saturated rings. The molecule has 10 rings (SSSR count). The third kappa shape index (κ3) is 52.7. The number of aromatic nitrogens is 6. The van der Waals surface area contributed by atoms with Crippen molar-refractivity contribution in [2.75, 3.05) is 141 Å². The smallest absolute Gasteiger partial charge is 0.307 e. The van der Waals surface area contributed by atoms with Gasteiger partial charge in [-0.15, -0.1) is 30.6 Å². The van der Waals surface area contributed by atoms with Crippen LogP contribution in [0.2, 0.25) is 20.5 Å². The summed E-state index contributed by atoms with van der Waals surface area (Å²) in [5, 5.41) is 43.1. The molecule has 7 aliphatic rings. The molecule has 3 aromatic rings. The number of nitrogens with two attached hydrogens (primary N) is 2. The molecule has 39 heteroatoms. The Bertz CT molecular complexity index is 2590. The zero-order valence-corrected chi connectivity index (χ0v) is 71.2. The van der Waals surface area contributed by atoms with E-state index in [-0.39, 0.29) is 112 Å². The van der Waals surface area contributed by atoms with Crippen molar-refractivity contribution in [1.29, 1.82) is 0 Å². The fourth-order valence-corrected chi connectivity index (χ4v) is 11.4. The highest BCUT2D eigenvalue weighted by Crippen LogP contribution is 2.27. The van der Waals surface area contributed by atoms with Gasteiger partial charge < -0.3 is 58.1 Å². The van der Waals surface area contributed by atoms with Crippen molar-refractivity contribution in [3.63, 3.8) is 0 Å². The van der Waals surface area contributed by atoms with Crippen LogP contribution in [0.1, 0.15) is 172 Å². The number of carbonyl (C=O) groups excluding carboxylic acids is 4. The summed E-state index contributed by atoms with van der Waals surface area (Å²) in [6.07, 6.45) is 15.1. The largest absolute Gasteiger partial charge is 0.481 e. The van der Waals surface area contributed by atoms with E-state index in [1.807, 2.05) is 62.8 Å². The second-order valence-electron chi connectivity index (χ2n) is 25.3. The zero-order valence-electron chi connectivity index (χ0n) is 64.1. The molecule has 0 bridgehead atoms. The standard InChI is InChI=1S/C9H15BN3O.C9H17N3O2.C9H15N3O.C8H13N3O.C8H17N3O.C7H15N3O.C7H13NO2.C2H6B.C2H4O2.CH6N2.2CH4.5H3P/c1-7-11-12-9(14-7)8-4-3-5-13(6-8)10-2;1-7(13)10-11-9(14)8-4-3-5-12(2)6-8;1-7-10-11-9(13-7)8-4-3-5-12(2)6-8;1-6-10-11-8(12-6)7-3-2-4-9-5-7;1-9-10-8(12)7-4-3-5-11(2)6-7;1-10-4-2-3-6(5-10)7(11)9-8;1-8-4-2-3-6(5-8)7(9)10;1-3-2;1-2(3)4;1-3-2;;;;;;;/h8H,3-6H2,1-2H3;8H,3-6H2,1-2H3,(H,10,13)(H,11,14);8H,3-6H2,1-2H3;7,9H,2-5H2,1H3;7,9H,3-6H2,1-2H3,(H,10,12);6H,2-5,8H2,1H3,(H,9,11);6H,2-5H2,1H3,(H,9,10);1-2H3;1H3,(H,3,4);3H,2H2,1H3;2*1H4;5*1H3. The maximum atomic E-state index is 11.5. The maximum Gasteiger partial charge on any atom is 0.307 e. The number of likely N-dealkylation sites (N-methyl/N-ethyl adjacent to an activating group) is 1. The first-order valence-electron chi connectivity index (χ1n) is 33.9. The highest BCUT2D eigenvalue weighted by Gasteiger charge is 2.29. The summed E-state index contributed by atoms with van der Waals surface area (Å²) >= 11 is 0. The molecule has 7 aliphatic heterocycles. The van der Waals surface area contributed by atoms with E-state index < -0.39 is 11.9 Å². The maximum absolute atomic E-state index is 11.5. The highest BCUT2D eigenvalue weighted by atomic mass is 31.0. The number of hydrogen-bond donors (Lipinski definition) is 11. The molecule has 7 saturated heterocycles. The molecule has 10 heterocycles.